The van der Waals surface area contributed by atoms with Crippen LogP contribution in [0.3, 0.4) is 0 Å². The van der Waals surface area contributed by atoms with E-state index in [9.17, 15) is 9.13 Å². The van der Waals surface area contributed by atoms with Gasteiger partial charge in [0.1, 0.15) is 0 Å². The molecule has 0 radical (unpaired) electrons. The minimum absolute atomic E-state index is 1.32. The minimum atomic E-state index is -4.72. The van der Waals surface area contributed by atoms with Crippen molar-refractivity contribution in [3.63, 3.8) is 0 Å². The van der Waals surface area contributed by atoms with E-state index < -0.39 is 19.5 Å². The molecule has 0 bridgehead atoms. The normalized spacial score (nSPS) is 12.9. The minimum Gasteiger partial charge on any atom is -0.326 e. The molecule has 0 aliphatic carbocycles. The van der Waals surface area contributed by atoms with E-state index in [2.05, 4.69) is 43.7 Å². The molecule has 0 aliphatic heterocycles. The zero-order valence-corrected chi connectivity index (χ0v) is 18.6. The predicted molar refractivity (Wildman–Crippen MR) is 102 cm³/mol. The van der Waals surface area contributed by atoms with Crippen molar-refractivity contribution >= 4 is 31.1 Å². The zero-order valence-electron chi connectivity index (χ0n) is 15.3. The number of quaternary nitrogens is 1. The summed E-state index contributed by atoms with van der Waals surface area (Å²) in [5.74, 6) is 0. The molecule has 0 unspecified atom stereocenters. The highest BCUT2D eigenvalue weighted by atomic mass is 79.9. The molecular weight excluding hydrogens is 420 g/mol. The molecule has 0 aromatic rings. The standard InChI is InChI=1S/C13H30N.CH5BrO6P2/c1-5-8-11-14(4,12-9-6-2)13-10-7-3;2-1(9(3,4)5)10(6,7)8/h5-13H2,1-4H3;1H,(H2,3,4,5)(H2,6,7,8)/q+1;. The number of unbranched alkanes of at least 4 members (excludes halogenated alkanes) is 3. The van der Waals surface area contributed by atoms with Gasteiger partial charge in [-0.15, -0.1) is 0 Å². The maximum atomic E-state index is 10.1. The quantitative estimate of drug-likeness (QED) is 0.214. The third kappa shape index (κ3) is 14.0. The maximum Gasteiger partial charge on any atom is 0.351 e. The van der Waals surface area contributed by atoms with Crippen LogP contribution in [-0.4, -0.2) is 55.0 Å². The van der Waals surface area contributed by atoms with Crippen molar-refractivity contribution in [2.45, 2.75) is 63.6 Å². The molecule has 0 aromatic heterocycles. The van der Waals surface area contributed by atoms with Crippen molar-refractivity contribution in [2.24, 2.45) is 0 Å². The van der Waals surface area contributed by atoms with Crippen molar-refractivity contribution in [3.8, 4) is 0 Å². The SMILES string of the molecule is CCCC[N+](C)(CCCC)CCCC.O=P(O)(O)C(Br)P(=O)(O)O. The van der Waals surface area contributed by atoms with Crippen LogP contribution in [0.15, 0.2) is 0 Å². The highest BCUT2D eigenvalue weighted by molar-refractivity contribution is 9.12. The van der Waals surface area contributed by atoms with Gasteiger partial charge in [0.15, 0.2) is 0 Å². The molecule has 0 rings (SSSR count). The first-order valence-corrected chi connectivity index (χ1v) is 12.7. The summed E-state index contributed by atoms with van der Waals surface area (Å²) < 4.78 is 19.5. The summed E-state index contributed by atoms with van der Waals surface area (Å²) in [4.78, 5) is 32.8. The van der Waals surface area contributed by atoms with Crippen molar-refractivity contribution in [3.05, 3.63) is 0 Å². The second-order valence-corrected chi connectivity index (χ2v) is 12.5. The predicted octanol–water partition coefficient (Wildman–Crippen LogP) is 3.85. The fourth-order valence-electron chi connectivity index (χ4n) is 2.15. The Kier molecular flexibility index (Phi) is 14.6. The first-order valence-electron chi connectivity index (χ1n) is 8.42. The second-order valence-electron chi connectivity index (χ2n) is 6.34. The van der Waals surface area contributed by atoms with Gasteiger partial charge >= 0.3 is 15.2 Å². The van der Waals surface area contributed by atoms with Crippen molar-refractivity contribution < 1.29 is 33.2 Å². The summed E-state index contributed by atoms with van der Waals surface area (Å²) >= 11 is 2.19. The lowest BCUT2D eigenvalue weighted by Gasteiger charge is -2.34. The molecule has 0 heterocycles. The van der Waals surface area contributed by atoms with Crippen LogP contribution in [0, 0.1) is 0 Å². The lowest BCUT2D eigenvalue weighted by molar-refractivity contribution is -0.910. The third-order valence-corrected chi connectivity index (χ3v) is 9.83. The van der Waals surface area contributed by atoms with Crippen molar-refractivity contribution in [1.29, 1.82) is 0 Å². The summed E-state index contributed by atoms with van der Waals surface area (Å²) in [6, 6.07) is 0. The largest absolute Gasteiger partial charge is 0.351 e. The highest BCUT2D eigenvalue weighted by Gasteiger charge is 2.40. The summed E-state index contributed by atoms with van der Waals surface area (Å²) in [6.45, 7) is 11.0. The molecule has 0 amide bonds. The molecule has 0 atom stereocenters. The molecule has 10 heteroatoms. The Morgan fingerprint density at radius 2 is 1.04 bits per heavy atom. The fraction of sp³-hybridized carbons (Fsp3) is 1.00. The van der Waals surface area contributed by atoms with Crippen LogP contribution >= 0.6 is 31.1 Å². The van der Waals surface area contributed by atoms with Gasteiger partial charge in [0.05, 0.1) is 26.7 Å². The van der Waals surface area contributed by atoms with Crippen LogP contribution < -0.4 is 0 Å². The molecular formula is C14H35BrNO6P2+. The first kappa shape index (κ1) is 27.0. The molecule has 0 aliphatic rings. The van der Waals surface area contributed by atoms with Gasteiger partial charge in [-0.1, -0.05) is 56.0 Å². The summed E-state index contributed by atoms with van der Waals surface area (Å²) in [5.41, 5.74) is 0. The molecule has 0 fully saturated rings. The number of nitrogens with zero attached hydrogens (tertiary/aromatic N) is 1. The number of rotatable bonds is 11. The smallest absolute Gasteiger partial charge is 0.326 e. The van der Waals surface area contributed by atoms with Crippen LogP contribution in [0.2, 0.25) is 0 Å². The Balaban J connectivity index is 0. The molecule has 0 spiro atoms. The zero-order chi connectivity index (χ0) is 19.4. The van der Waals surface area contributed by atoms with E-state index in [1.807, 2.05) is 0 Å². The van der Waals surface area contributed by atoms with E-state index >= 15 is 0 Å². The summed E-state index contributed by atoms with van der Waals surface area (Å²) in [5, 5.41) is 0. The van der Waals surface area contributed by atoms with Crippen molar-refractivity contribution in [1.82, 2.24) is 0 Å². The van der Waals surface area contributed by atoms with E-state index in [4.69, 9.17) is 19.6 Å². The Labute approximate surface area is 154 Å². The average Bonchev–Trinajstić information content (AvgIpc) is 2.47. The van der Waals surface area contributed by atoms with Crippen LogP contribution in [0.4, 0.5) is 0 Å². The van der Waals surface area contributed by atoms with Gasteiger partial charge in [-0.2, -0.15) is 0 Å². The van der Waals surface area contributed by atoms with Gasteiger partial charge in [0, 0.05) is 0 Å². The first-order chi connectivity index (χ1) is 10.8. The van der Waals surface area contributed by atoms with E-state index in [0.29, 0.717) is 0 Å². The van der Waals surface area contributed by atoms with E-state index in [-0.39, 0.29) is 0 Å². The lowest BCUT2D eigenvalue weighted by Crippen LogP contribution is -2.46. The van der Waals surface area contributed by atoms with E-state index in [1.165, 1.54) is 62.6 Å². The molecule has 7 nitrogen and oxygen atoms in total. The summed E-state index contributed by atoms with van der Waals surface area (Å²) in [7, 11) is -7.00. The van der Waals surface area contributed by atoms with Gasteiger partial charge in [0.2, 0.25) is 4.31 Å². The van der Waals surface area contributed by atoms with Gasteiger partial charge in [-0.05, 0) is 19.3 Å². The molecule has 0 saturated carbocycles. The second kappa shape index (κ2) is 13.0. The monoisotopic (exact) mass is 454 g/mol. The number of hydrogen-bond donors (Lipinski definition) is 4. The molecule has 0 saturated heterocycles. The van der Waals surface area contributed by atoms with Crippen molar-refractivity contribution in [2.75, 3.05) is 26.7 Å². The van der Waals surface area contributed by atoms with Gasteiger partial charge in [0.25, 0.3) is 0 Å². The van der Waals surface area contributed by atoms with Crippen LogP contribution in [0.5, 0.6) is 0 Å². The Bertz CT molecular complexity index is 368. The van der Waals surface area contributed by atoms with Gasteiger partial charge in [-0.25, -0.2) is 0 Å². The van der Waals surface area contributed by atoms with Gasteiger partial charge in [-0.3, -0.25) is 9.13 Å². The highest BCUT2D eigenvalue weighted by Crippen LogP contribution is 2.62. The third-order valence-electron chi connectivity index (χ3n) is 3.71. The van der Waals surface area contributed by atoms with Gasteiger partial charge < -0.3 is 24.1 Å². The Hall–Kier alpha value is 0.740. The topological polar surface area (TPSA) is 115 Å². The molecule has 148 valence electrons. The maximum absolute atomic E-state index is 10.1. The molecule has 0 aromatic carbocycles. The number of halogens is 1. The van der Waals surface area contributed by atoms with Crippen LogP contribution in [-0.2, 0) is 9.13 Å². The van der Waals surface area contributed by atoms with Crippen LogP contribution in [0.25, 0.3) is 0 Å². The lowest BCUT2D eigenvalue weighted by atomic mass is 10.2. The average molecular weight is 455 g/mol. The molecule has 4 N–H and O–H groups in total. The Morgan fingerprint density at radius 1 is 0.792 bits per heavy atom. The fourth-order valence-corrected chi connectivity index (χ4v) is 3.72. The number of hydrogen-bond acceptors (Lipinski definition) is 2. The van der Waals surface area contributed by atoms with E-state index in [1.54, 1.807) is 0 Å². The Morgan fingerprint density at radius 3 is 1.17 bits per heavy atom. The van der Waals surface area contributed by atoms with Crippen LogP contribution in [0.1, 0.15) is 59.3 Å². The molecule has 24 heavy (non-hydrogen) atoms. The number of alkyl halides is 1. The van der Waals surface area contributed by atoms with E-state index in [0.717, 1.165) is 0 Å². The summed E-state index contributed by atoms with van der Waals surface area (Å²) in [6.07, 6.45) is 8.20.